The van der Waals surface area contributed by atoms with Crippen LogP contribution in [0.25, 0.3) is 6.08 Å². The van der Waals surface area contributed by atoms with E-state index in [9.17, 15) is 14.9 Å². The molecule has 22 heavy (non-hydrogen) atoms. The lowest BCUT2D eigenvalue weighted by Crippen LogP contribution is -2.09. The molecule has 0 aromatic heterocycles. The van der Waals surface area contributed by atoms with Crippen molar-refractivity contribution in [2.45, 2.75) is 13.3 Å². The van der Waals surface area contributed by atoms with Gasteiger partial charge in [0, 0.05) is 23.9 Å². The van der Waals surface area contributed by atoms with Gasteiger partial charge in [0.1, 0.15) is 0 Å². The maximum Gasteiger partial charge on any atom is 0.269 e. The number of nitro groups is 1. The number of nitrogens with zero attached hydrogens (tertiary/aromatic N) is 1. The van der Waals surface area contributed by atoms with Crippen molar-refractivity contribution in [2.24, 2.45) is 0 Å². The minimum Gasteiger partial charge on any atom is -0.322 e. The number of para-hydroxylation sites is 1. The number of hydrogen-bond acceptors (Lipinski definition) is 3. The first kappa shape index (κ1) is 15.4. The minimum absolute atomic E-state index is 0.0264. The summed E-state index contributed by atoms with van der Waals surface area (Å²) in [5, 5.41) is 13.4. The van der Waals surface area contributed by atoms with E-state index >= 15 is 0 Å². The fourth-order valence-electron chi connectivity index (χ4n) is 2.00. The van der Waals surface area contributed by atoms with Crippen molar-refractivity contribution < 1.29 is 9.72 Å². The number of hydrogen-bond donors (Lipinski definition) is 1. The Labute approximate surface area is 128 Å². The van der Waals surface area contributed by atoms with Crippen molar-refractivity contribution in [1.82, 2.24) is 0 Å². The number of nitro benzene ring substituents is 1. The van der Waals surface area contributed by atoms with E-state index in [0.29, 0.717) is 0 Å². The van der Waals surface area contributed by atoms with Crippen LogP contribution in [0.3, 0.4) is 0 Å². The Balaban J connectivity index is 2.03. The van der Waals surface area contributed by atoms with Gasteiger partial charge in [-0.2, -0.15) is 0 Å². The lowest BCUT2D eigenvalue weighted by molar-refractivity contribution is -0.384. The van der Waals surface area contributed by atoms with Crippen LogP contribution in [0.15, 0.2) is 54.6 Å². The predicted molar refractivity (Wildman–Crippen MR) is 86.6 cm³/mol. The van der Waals surface area contributed by atoms with Gasteiger partial charge in [-0.1, -0.05) is 25.1 Å². The number of non-ortho nitro benzene ring substituents is 1. The fraction of sp³-hybridized carbons (Fsp3) is 0.118. The number of amides is 1. The highest BCUT2D eigenvalue weighted by molar-refractivity contribution is 6.02. The fourth-order valence-corrected chi connectivity index (χ4v) is 2.00. The maximum atomic E-state index is 11.9. The number of rotatable bonds is 5. The quantitative estimate of drug-likeness (QED) is 0.518. The molecule has 0 saturated carbocycles. The summed E-state index contributed by atoms with van der Waals surface area (Å²) in [5.74, 6) is -0.237. The molecule has 0 fully saturated rings. The number of carbonyl (C=O) groups excluding carboxylic acids is 1. The van der Waals surface area contributed by atoms with Crippen LogP contribution in [0.4, 0.5) is 11.4 Å². The largest absolute Gasteiger partial charge is 0.322 e. The van der Waals surface area contributed by atoms with Crippen molar-refractivity contribution in [3.05, 3.63) is 75.8 Å². The minimum atomic E-state index is -0.456. The number of nitrogens with one attached hydrogen (secondary N) is 1. The first-order valence-corrected chi connectivity index (χ1v) is 6.91. The van der Waals surface area contributed by atoms with Gasteiger partial charge in [-0.05, 0) is 41.8 Å². The molecule has 5 heteroatoms. The van der Waals surface area contributed by atoms with Gasteiger partial charge in [0.05, 0.1) is 4.92 Å². The molecular formula is C17H16N2O3. The first-order valence-electron chi connectivity index (χ1n) is 6.91. The van der Waals surface area contributed by atoms with Crippen molar-refractivity contribution in [2.75, 3.05) is 5.32 Å². The van der Waals surface area contributed by atoms with Gasteiger partial charge in [-0.25, -0.2) is 0 Å². The van der Waals surface area contributed by atoms with Gasteiger partial charge in [0.2, 0.25) is 5.91 Å². The van der Waals surface area contributed by atoms with E-state index in [1.54, 1.807) is 18.2 Å². The smallest absolute Gasteiger partial charge is 0.269 e. The molecule has 0 bridgehead atoms. The van der Waals surface area contributed by atoms with E-state index in [-0.39, 0.29) is 11.6 Å². The topological polar surface area (TPSA) is 72.2 Å². The average molecular weight is 296 g/mol. The van der Waals surface area contributed by atoms with Crippen molar-refractivity contribution in [3.8, 4) is 0 Å². The zero-order valence-electron chi connectivity index (χ0n) is 12.2. The molecule has 0 spiro atoms. The van der Waals surface area contributed by atoms with Crippen LogP contribution >= 0.6 is 0 Å². The highest BCUT2D eigenvalue weighted by Gasteiger charge is 2.04. The maximum absolute atomic E-state index is 11.9. The summed E-state index contributed by atoms with van der Waals surface area (Å²) in [6, 6.07) is 13.6. The zero-order valence-corrected chi connectivity index (χ0v) is 12.2. The average Bonchev–Trinajstić information content (AvgIpc) is 2.54. The van der Waals surface area contributed by atoms with E-state index in [1.807, 2.05) is 31.2 Å². The molecule has 1 N–H and O–H groups in total. The summed E-state index contributed by atoms with van der Waals surface area (Å²) >= 11 is 0. The summed E-state index contributed by atoms with van der Waals surface area (Å²) in [5.41, 5.74) is 2.62. The lowest BCUT2D eigenvalue weighted by atomic mass is 10.1. The lowest BCUT2D eigenvalue weighted by Gasteiger charge is -2.07. The Hall–Kier alpha value is -2.95. The van der Waals surface area contributed by atoms with E-state index in [0.717, 1.165) is 23.2 Å². The molecule has 0 heterocycles. The standard InChI is InChI=1S/C17H16N2O3/c1-2-14-5-3-4-6-16(14)18-17(20)12-9-13-7-10-15(11-8-13)19(21)22/h3-12H,2H2,1H3,(H,18,20). The van der Waals surface area contributed by atoms with Crippen LogP contribution in [0, 0.1) is 10.1 Å². The van der Waals surface area contributed by atoms with Crippen LogP contribution in [-0.4, -0.2) is 10.8 Å². The molecule has 1 amide bonds. The predicted octanol–water partition coefficient (Wildman–Crippen LogP) is 3.81. The third-order valence-corrected chi connectivity index (χ3v) is 3.19. The van der Waals surface area contributed by atoms with Crippen LogP contribution in [0.2, 0.25) is 0 Å². The highest BCUT2D eigenvalue weighted by atomic mass is 16.6. The van der Waals surface area contributed by atoms with Crippen LogP contribution in [0.1, 0.15) is 18.1 Å². The van der Waals surface area contributed by atoms with Gasteiger partial charge in [0.15, 0.2) is 0 Å². The number of carbonyl (C=O) groups is 1. The Morgan fingerprint density at radius 3 is 2.50 bits per heavy atom. The third kappa shape index (κ3) is 4.02. The summed E-state index contributed by atoms with van der Waals surface area (Å²) in [6.45, 7) is 2.03. The van der Waals surface area contributed by atoms with E-state index in [2.05, 4.69) is 5.32 Å². The van der Waals surface area contributed by atoms with Crippen molar-refractivity contribution in [3.63, 3.8) is 0 Å². The molecule has 5 nitrogen and oxygen atoms in total. The zero-order chi connectivity index (χ0) is 15.9. The normalized spacial score (nSPS) is 10.6. The van der Waals surface area contributed by atoms with Gasteiger partial charge in [-0.3, -0.25) is 14.9 Å². The number of anilines is 1. The molecule has 2 aromatic carbocycles. The number of benzene rings is 2. The molecule has 0 aliphatic rings. The molecule has 112 valence electrons. The Morgan fingerprint density at radius 1 is 1.18 bits per heavy atom. The van der Waals surface area contributed by atoms with Gasteiger partial charge >= 0.3 is 0 Å². The first-order chi connectivity index (χ1) is 10.6. The summed E-state index contributed by atoms with van der Waals surface area (Å²) in [6.07, 6.45) is 3.86. The van der Waals surface area contributed by atoms with E-state index in [1.165, 1.54) is 18.2 Å². The third-order valence-electron chi connectivity index (χ3n) is 3.19. The summed E-state index contributed by atoms with van der Waals surface area (Å²) in [7, 11) is 0. The second kappa shape index (κ2) is 7.17. The van der Waals surface area contributed by atoms with Crippen molar-refractivity contribution >= 4 is 23.4 Å². The SMILES string of the molecule is CCc1ccccc1NC(=O)C=Cc1ccc([N+](=O)[O-])cc1. The summed E-state index contributed by atoms with van der Waals surface area (Å²) < 4.78 is 0. The number of aryl methyl sites for hydroxylation is 1. The van der Waals surface area contributed by atoms with Crippen LogP contribution < -0.4 is 5.32 Å². The molecule has 0 saturated heterocycles. The van der Waals surface area contributed by atoms with Crippen molar-refractivity contribution in [1.29, 1.82) is 0 Å². The highest BCUT2D eigenvalue weighted by Crippen LogP contribution is 2.16. The molecular weight excluding hydrogens is 280 g/mol. The van der Waals surface area contributed by atoms with Gasteiger partial charge < -0.3 is 5.32 Å². The van der Waals surface area contributed by atoms with E-state index in [4.69, 9.17) is 0 Å². The van der Waals surface area contributed by atoms with Gasteiger partial charge in [0.25, 0.3) is 5.69 Å². The molecule has 0 aliphatic heterocycles. The Morgan fingerprint density at radius 2 is 1.86 bits per heavy atom. The molecule has 0 unspecified atom stereocenters. The second-order valence-electron chi connectivity index (χ2n) is 4.68. The summed E-state index contributed by atoms with van der Waals surface area (Å²) in [4.78, 5) is 22.0. The molecule has 0 aliphatic carbocycles. The van der Waals surface area contributed by atoms with E-state index < -0.39 is 4.92 Å². The van der Waals surface area contributed by atoms with Crippen LogP contribution in [-0.2, 0) is 11.2 Å². The Kier molecular flexibility index (Phi) is 5.03. The molecule has 2 rings (SSSR count). The van der Waals surface area contributed by atoms with Crippen LogP contribution in [0.5, 0.6) is 0 Å². The molecule has 2 aromatic rings. The molecule has 0 atom stereocenters. The van der Waals surface area contributed by atoms with Gasteiger partial charge in [-0.15, -0.1) is 0 Å². The monoisotopic (exact) mass is 296 g/mol. The Bertz CT molecular complexity index is 706. The second-order valence-corrected chi connectivity index (χ2v) is 4.68. The molecule has 0 radical (unpaired) electrons.